The Bertz CT molecular complexity index is 673. The van der Waals surface area contributed by atoms with Crippen molar-refractivity contribution in [2.24, 2.45) is 11.7 Å². The van der Waals surface area contributed by atoms with E-state index in [1.807, 2.05) is 30.5 Å². The van der Waals surface area contributed by atoms with Crippen molar-refractivity contribution in [1.82, 2.24) is 15.3 Å². The quantitative estimate of drug-likeness (QED) is 0.731. The molecule has 0 atom stereocenters. The van der Waals surface area contributed by atoms with Crippen LogP contribution >= 0.6 is 0 Å². The first-order valence-electron chi connectivity index (χ1n) is 7.19. The van der Waals surface area contributed by atoms with Gasteiger partial charge in [-0.15, -0.1) is 0 Å². The Morgan fingerprint density at radius 2 is 2.10 bits per heavy atom. The van der Waals surface area contributed by atoms with Gasteiger partial charge in [-0.3, -0.25) is 4.98 Å². The normalized spacial score (nSPS) is 21.9. The van der Waals surface area contributed by atoms with Crippen LogP contribution in [0.4, 0.5) is 0 Å². The second-order valence-electron chi connectivity index (χ2n) is 5.42. The Hall–Kier alpha value is -2.27. The number of nitrogens with zero attached hydrogens (tertiary/aromatic N) is 2. The lowest BCUT2D eigenvalue weighted by molar-refractivity contribution is 0.247. The third-order valence-electron chi connectivity index (χ3n) is 3.94. The van der Waals surface area contributed by atoms with Crippen LogP contribution in [0.1, 0.15) is 18.5 Å². The van der Waals surface area contributed by atoms with Crippen LogP contribution in [0.15, 0.2) is 36.7 Å². The maximum atomic E-state index is 7.58. The third kappa shape index (κ3) is 2.92. The molecule has 0 aliphatic heterocycles. The van der Waals surface area contributed by atoms with Crippen LogP contribution in [0.25, 0.3) is 16.6 Å². The van der Waals surface area contributed by atoms with Crippen LogP contribution in [0.5, 0.6) is 0 Å². The lowest BCUT2D eigenvalue weighted by Gasteiger charge is -2.34. The fraction of sp³-hybridized carbons (Fsp3) is 0.312. The molecule has 21 heavy (non-hydrogen) atoms. The van der Waals surface area contributed by atoms with Gasteiger partial charge in [-0.1, -0.05) is 12.1 Å². The summed E-state index contributed by atoms with van der Waals surface area (Å²) in [6, 6.07) is 8.20. The van der Waals surface area contributed by atoms with Crippen molar-refractivity contribution >= 4 is 22.8 Å². The van der Waals surface area contributed by atoms with E-state index in [0.29, 0.717) is 17.7 Å². The van der Waals surface area contributed by atoms with Crippen molar-refractivity contribution in [2.75, 3.05) is 6.54 Å². The summed E-state index contributed by atoms with van der Waals surface area (Å²) in [7, 11) is 0. The van der Waals surface area contributed by atoms with Crippen molar-refractivity contribution < 1.29 is 0 Å². The van der Waals surface area contributed by atoms with Gasteiger partial charge < -0.3 is 16.5 Å². The topological polar surface area (TPSA) is 87.7 Å². The van der Waals surface area contributed by atoms with Gasteiger partial charge in [-0.2, -0.15) is 0 Å². The van der Waals surface area contributed by atoms with E-state index in [4.69, 9.17) is 11.1 Å². The monoisotopic (exact) mass is 281 g/mol. The van der Waals surface area contributed by atoms with Crippen LogP contribution in [-0.4, -0.2) is 28.8 Å². The van der Waals surface area contributed by atoms with Gasteiger partial charge in [0.05, 0.1) is 22.9 Å². The molecule has 0 spiro atoms. The first-order valence-corrected chi connectivity index (χ1v) is 7.19. The first kappa shape index (κ1) is 13.7. The number of para-hydroxylation sites is 2. The Morgan fingerprint density at radius 1 is 1.33 bits per heavy atom. The van der Waals surface area contributed by atoms with E-state index in [0.717, 1.165) is 36.0 Å². The average Bonchev–Trinajstić information content (AvgIpc) is 2.49. The zero-order chi connectivity index (χ0) is 14.7. The standard InChI is InChI=1S/C16H19N5/c17-7-11-5-13(6-11)19-9-12(8-18)16-10-20-14-3-1-2-4-15(14)21-16/h1-4,8-11,13,18-19H,5-7,17H2/b12-9+,18-8?. The van der Waals surface area contributed by atoms with Crippen LogP contribution in [0.2, 0.25) is 0 Å². The Morgan fingerprint density at radius 3 is 2.81 bits per heavy atom. The highest BCUT2D eigenvalue weighted by molar-refractivity contribution is 6.07. The predicted molar refractivity (Wildman–Crippen MR) is 85.0 cm³/mol. The number of rotatable bonds is 5. The van der Waals surface area contributed by atoms with E-state index in [9.17, 15) is 0 Å². The lowest BCUT2D eigenvalue weighted by Crippen LogP contribution is -2.41. The largest absolute Gasteiger partial charge is 0.388 e. The highest BCUT2D eigenvalue weighted by Gasteiger charge is 2.26. The summed E-state index contributed by atoms with van der Waals surface area (Å²) in [6.45, 7) is 0.759. The number of nitrogens with two attached hydrogens (primary N) is 1. The molecule has 108 valence electrons. The average molecular weight is 281 g/mol. The molecule has 1 saturated carbocycles. The zero-order valence-electron chi connectivity index (χ0n) is 11.8. The second kappa shape index (κ2) is 6.01. The van der Waals surface area contributed by atoms with Gasteiger partial charge in [0, 0.05) is 24.0 Å². The molecule has 5 nitrogen and oxygen atoms in total. The maximum absolute atomic E-state index is 7.58. The molecule has 1 heterocycles. The van der Waals surface area contributed by atoms with Gasteiger partial charge in [0.1, 0.15) is 0 Å². The molecule has 5 heteroatoms. The van der Waals surface area contributed by atoms with Crippen molar-refractivity contribution in [1.29, 1.82) is 5.41 Å². The predicted octanol–water partition coefficient (Wildman–Crippen LogP) is 1.95. The number of fused-ring (bicyclic) bond motifs is 1. The third-order valence-corrected chi connectivity index (χ3v) is 3.94. The molecule has 1 aliphatic carbocycles. The van der Waals surface area contributed by atoms with Crippen LogP contribution in [0.3, 0.4) is 0 Å². The van der Waals surface area contributed by atoms with Gasteiger partial charge in [0.2, 0.25) is 0 Å². The molecule has 0 saturated heterocycles. The van der Waals surface area contributed by atoms with Gasteiger partial charge in [0.25, 0.3) is 0 Å². The number of benzene rings is 1. The Balaban J connectivity index is 1.76. The SMILES string of the molecule is N=C/C(=C\NC1CC(CN)C1)c1cnc2ccccc2n1. The van der Waals surface area contributed by atoms with E-state index < -0.39 is 0 Å². The smallest absolute Gasteiger partial charge is 0.0922 e. The summed E-state index contributed by atoms with van der Waals surface area (Å²) in [5.74, 6) is 0.639. The first-order chi connectivity index (χ1) is 10.3. The summed E-state index contributed by atoms with van der Waals surface area (Å²) >= 11 is 0. The minimum absolute atomic E-state index is 0.460. The number of aromatic nitrogens is 2. The van der Waals surface area contributed by atoms with E-state index in [1.54, 1.807) is 6.20 Å². The maximum Gasteiger partial charge on any atom is 0.0922 e. The van der Waals surface area contributed by atoms with Crippen molar-refractivity contribution in [3.8, 4) is 0 Å². The van der Waals surface area contributed by atoms with Gasteiger partial charge in [-0.05, 0) is 37.4 Å². The number of allylic oxidation sites excluding steroid dienone is 1. The molecule has 0 radical (unpaired) electrons. The highest BCUT2D eigenvalue weighted by atomic mass is 14.9. The summed E-state index contributed by atoms with van der Waals surface area (Å²) in [4.78, 5) is 8.94. The van der Waals surface area contributed by atoms with Gasteiger partial charge in [0.15, 0.2) is 0 Å². The Kier molecular flexibility index (Phi) is 3.92. The summed E-state index contributed by atoms with van der Waals surface area (Å²) in [5.41, 5.74) is 8.78. The van der Waals surface area contributed by atoms with E-state index in [2.05, 4.69) is 15.3 Å². The van der Waals surface area contributed by atoms with Crippen LogP contribution < -0.4 is 11.1 Å². The molecule has 0 bridgehead atoms. The summed E-state index contributed by atoms with van der Waals surface area (Å²) in [5, 5.41) is 10.9. The summed E-state index contributed by atoms with van der Waals surface area (Å²) in [6.07, 6.45) is 7.09. The van der Waals surface area contributed by atoms with Crippen molar-refractivity contribution in [3.63, 3.8) is 0 Å². The van der Waals surface area contributed by atoms with E-state index in [-0.39, 0.29) is 0 Å². The molecular formula is C16H19N5. The molecule has 1 aromatic heterocycles. The Labute approximate surface area is 123 Å². The fourth-order valence-corrected chi connectivity index (χ4v) is 2.56. The van der Waals surface area contributed by atoms with Crippen LogP contribution in [-0.2, 0) is 0 Å². The highest BCUT2D eigenvalue weighted by Crippen LogP contribution is 2.26. The van der Waals surface area contributed by atoms with Gasteiger partial charge in [-0.25, -0.2) is 4.98 Å². The fourth-order valence-electron chi connectivity index (χ4n) is 2.56. The van der Waals surface area contributed by atoms with Crippen molar-refractivity contribution in [2.45, 2.75) is 18.9 Å². The molecule has 1 aliphatic rings. The number of nitrogens with one attached hydrogen (secondary N) is 2. The lowest BCUT2D eigenvalue weighted by atomic mass is 9.80. The second-order valence-corrected chi connectivity index (χ2v) is 5.42. The minimum Gasteiger partial charge on any atom is -0.388 e. The molecule has 1 aromatic carbocycles. The van der Waals surface area contributed by atoms with Crippen molar-refractivity contribution in [3.05, 3.63) is 42.4 Å². The summed E-state index contributed by atoms with van der Waals surface area (Å²) < 4.78 is 0. The zero-order valence-corrected chi connectivity index (χ0v) is 11.8. The number of hydrogen-bond donors (Lipinski definition) is 3. The van der Waals surface area contributed by atoms with E-state index in [1.165, 1.54) is 6.21 Å². The molecule has 0 amide bonds. The minimum atomic E-state index is 0.460. The molecule has 3 rings (SSSR count). The molecule has 2 aromatic rings. The van der Waals surface area contributed by atoms with Gasteiger partial charge >= 0.3 is 0 Å². The molecule has 0 unspecified atom stereocenters. The molecular weight excluding hydrogens is 262 g/mol. The number of hydrogen-bond acceptors (Lipinski definition) is 5. The van der Waals surface area contributed by atoms with Crippen LogP contribution in [0, 0.1) is 11.3 Å². The van der Waals surface area contributed by atoms with E-state index >= 15 is 0 Å². The molecule has 4 N–H and O–H groups in total. The molecule has 1 fully saturated rings.